The SMILES string of the molecule is CC(C)(C)OC(=O)NC1(C2CN(Cc3ccccc3)CC2CN)CC1. The average Bonchev–Trinajstić information content (AvgIpc) is 3.17. The fourth-order valence-corrected chi connectivity index (χ4v) is 4.03. The Balaban J connectivity index is 1.63. The number of hydrogen-bond acceptors (Lipinski definition) is 4. The Morgan fingerprint density at radius 2 is 1.96 bits per heavy atom. The van der Waals surface area contributed by atoms with Crippen molar-refractivity contribution < 1.29 is 9.53 Å². The Kier molecular flexibility index (Phi) is 5.07. The van der Waals surface area contributed by atoms with Crippen LogP contribution in [-0.4, -0.2) is 41.8 Å². The number of likely N-dealkylation sites (tertiary alicyclic amines) is 1. The molecule has 2 atom stereocenters. The molecule has 2 aliphatic rings. The van der Waals surface area contributed by atoms with E-state index in [9.17, 15) is 4.79 Å². The van der Waals surface area contributed by atoms with Crippen LogP contribution in [0, 0.1) is 11.8 Å². The Hall–Kier alpha value is -1.59. The van der Waals surface area contributed by atoms with Gasteiger partial charge in [0.05, 0.1) is 0 Å². The molecule has 1 saturated heterocycles. The molecular formula is C20H31N3O2. The number of carbonyl (C=O) groups excluding carboxylic acids is 1. The van der Waals surface area contributed by atoms with Gasteiger partial charge in [-0.3, -0.25) is 4.90 Å². The van der Waals surface area contributed by atoms with Crippen LogP contribution in [0.15, 0.2) is 30.3 Å². The smallest absolute Gasteiger partial charge is 0.408 e. The molecule has 3 N–H and O–H groups in total. The summed E-state index contributed by atoms with van der Waals surface area (Å²) in [6, 6.07) is 10.5. The summed E-state index contributed by atoms with van der Waals surface area (Å²) in [5.41, 5.74) is 6.79. The Morgan fingerprint density at radius 3 is 2.52 bits per heavy atom. The van der Waals surface area contributed by atoms with E-state index in [2.05, 4.69) is 34.5 Å². The van der Waals surface area contributed by atoms with Crippen LogP contribution >= 0.6 is 0 Å². The summed E-state index contributed by atoms with van der Waals surface area (Å²) in [7, 11) is 0. The molecule has 1 aromatic rings. The summed E-state index contributed by atoms with van der Waals surface area (Å²) < 4.78 is 5.47. The van der Waals surface area contributed by atoms with Crippen molar-refractivity contribution in [3.63, 3.8) is 0 Å². The molecule has 0 aromatic heterocycles. The number of alkyl carbamates (subject to hydrolysis) is 1. The second-order valence-corrected chi connectivity index (χ2v) is 8.56. The standard InChI is InChI=1S/C20H31N3O2/c1-19(2,3)25-18(24)22-20(9-10-20)17-14-23(13-16(17)11-21)12-15-7-5-4-6-8-15/h4-8,16-17H,9-14,21H2,1-3H3,(H,22,24). The minimum Gasteiger partial charge on any atom is -0.444 e. The predicted octanol–water partition coefficient (Wildman–Crippen LogP) is 2.75. The third-order valence-corrected chi connectivity index (χ3v) is 5.32. The molecule has 2 fully saturated rings. The minimum atomic E-state index is -0.470. The number of hydrogen-bond donors (Lipinski definition) is 2. The average molecular weight is 345 g/mol. The lowest BCUT2D eigenvalue weighted by Crippen LogP contribution is -2.48. The van der Waals surface area contributed by atoms with Crippen LogP contribution < -0.4 is 11.1 Å². The first-order valence-corrected chi connectivity index (χ1v) is 9.29. The fourth-order valence-electron chi connectivity index (χ4n) is 4.03. The highest BCUT2D eigenvalue weighted by Gasteiger charge is 2.55. The number of rotatable bonds is 5. The van der Waals surface area contributed by atoms with Crippen LogP contribution in [-0.2, 0) is 11.3 Å². The lowest BCUT2D eigenvalue weighted by molar-refractivity contribution is 0.0467. The summed E-state index contributed by atoms with van der Waals surface area (Å²) >= 11 is 0. The van der Waals surface area contributed by atoms with Gasteiger partial charge in [-0.1, -0.05) is 30.3 Å². The van der Waals surface area contributed by atoms with Gasteiger partial charge in [-0.15, -0.1) is 0 Å². The van der Waals surface area contributed by atoms with E-state index < -0.39 is 5.60 Å². The van der Waals surface area contributed by atoms with Gasteiger partial charge in [0.1, 0.15) is 5.60 Å². The van der Waals surface area contributed by atoms with Crippen molar-refractivity contribution in [2.24, 2.45) is 17.6 Å². The minimum absolute atomic E-state index is 0.127. The van der Waals surface area contributed by atoms with E-state index in [1.807, 2.05) is 26.8 Å². The van der Waals surface area contributed by atoms with Crippen molar-refractivity contribution in [3.8, 4) is 0 Å². The molecule has 5 heteroatoms. The van der Waals surface area contributed by atoms with Crippen LogP contribution in [0.3, 0.4) is 0 Å². The van der Waals surface area contributed by atoms with E-state index in [-0.39, 0.29) is 11.6 Å². The van der Waals surface area contributed by atoms with Crippen molar-refractivity contribution in [1.29, 1.82) is 0 Å². The van der Waals surface area contributed by atoms with Crippen molar-refractivity contribution in [1.82, 2.24) is 10.2 Å². The van der Waals surface area contributed by atoms with Crippen molar-refractivity contribution in [3.05, 3.63) is 35.9 Å². The van der Waals surface area contributed by atoms with E-state index in [1.54, 1.807) is 0 Å². The normalized spacial score (nSPS) is 25.6. The number of carbonyl (C=O) groups is 1. The molecule has 2 unspecified atom stereocenters. The summed E-state index contributed by atoms with van der Waals surface area (Å²) in [5.74, 6) is 0.815. The number of amides is 1. The molecule has 5 nitrogen and oxygen atoms in total. The van der Waals surface area contributed by atoms with Crippen molar-refractivity contribution in [2.45, 2.75) is 51.3 Å². The largest absolute Gasteiger partial charge is 0.444 e. The third-order valence-electron chi connectivity index (χ3n) is 5.32. The van der Waals surface area contributed by atoms with Gasteiger partial charge >= 0.3 is 6.09 Å². The number of benzene rings is 1. The Morgan fingerprint density at radius 1 is 1.28 bits per heavy atom. The van der Waals surface area contributed by atoms with Gasteiger partial charge in [-0.25, -0.2) is 4.79 Å². The highest BCUT2D eigenvalue weighted by Crippen LogP contribution is 2.48. The molecule has 138 valence electrons. The predicted molar refractivity (Wildman–Crippen MR) is 99.1 cm³/mol. The number of nitrogens with one attached hydrogen (secondary N) is 1. The first-order chi connectivity index (χ1) is 11.8. The van der Waals surface area contributed by atoms with Gasteiger partial charge < -0.3 is 15.8 Å². The second-order valence-electron chi connectivity index (χ2n) is 8.56. The van der Waals surface area contributed by atoms with Crippen LogP contribution in [0.1, 0.15) is 39.2 Å². The highest BCUT2D eigenvalue weighted by atomic mass is 16.6. The molecule has 3 rings (SSSR count). The van der Waals surface area contributed by atoms with Gasteiger partial charge in [-0.2, -0.15) is 0 Å². The van der Waals surface area contributed by atoms with E-state index in [0.29, 0.717) is 18.4 Å². The monoisotopic (exact) mass is 345 g/mol. The maximum atomic E-state index is 12.3. The maximum absolute atomic E-state index is 12.3. The lowest BCUT2D eigenvalue weighted by Gasteiger charge is -2.30. The molecule has 1 aromatic carbocycles. The van der Waals surface area contributed by atoms with Crippen LogP contribution in [0.5, 0.6) is 0 Å². The second kappa shape index (κ2) is 6.96. The summed E-state index contributed by atoms with van der Waals surface area (Å²) in [6.07, 6.45) is 1.74. The van der Waals surface area contributed by atoms with E-state index in [4.69, 9.17) is 10.5 Å². The first kappa shape index (κ1) is 18.2. The molecular weight excluding hydrogens is 314 g/mol. The zero-order valence-corrected chi connectivity index (χ0v) is 15.6. The summed E-state index contributed by atoms with van der Waals surface area (Å²) in [4.78, 5) is 14.7. The topological polar surface area (TPSA) is 67.6 Å². The molecule has 1 heterocycles. The first-order valence-electron chi connectivity index (χ1n) is 9.29. The zero-order chi connectivity index (χ0) is 18.1. The van der Waals surface area contributed by atoms with Crippen LogP contribution in [0.2, 0.25) is 0 Å². The maximum Gasteiger partial charge on any atom is 0.408 e. The van der Waals surface area contributed by atoms with Gasteiger partial charge in [0.15, 0.2) is 0 Å². The van der Waals surface area contributed by atoms with E-state index >= 15 is 0 Å². The number of nitrogens with two attached hydrogens (primary N) is 1. The molecule has 0 bridgehead atoms. The van der Waals surface area contributed by atoms with E-state index in [0.717, 1.165) is 32.5 Å². The van der Waals surface area contributed by atoms with Crippen LogP contribution in [0.4, 0.5) is 4.79 Å². The molecule has 25 heavy (non-hydrogen) atoms. The van der Waals surface area contributed by atoms with Crippen LogP contribution in [0.25, 0.3) is 0 Å². The number of ether oxygens (including phenoxy) is 1. The van der Waals surface area contributed by atoms with Gasteiger partial charge in [0.2, 0.25) is 0 Å². The fraction of sp³-hybridized carbons (Fsp3) is 0.650. The Bertz CT molecular complexity index is 593. The molecule has 1 aliphatic heterocycles. The molecule has 1 saturated carbocycles. The quantitative estimate of drug-likeness (QED) is 0.861. The van der Waals surface area contributed by atoms with E-state index in [1.165, 1.54) is 5.56 Å². The summed E-state index contributed by atoms with van der Waals surface area (Å²) in [5, 5.41) is 3.17. The highest BCUT2D eigenvalue weighted by molar-refractivity contribution is 5.69. The molecule has 0 radical (unpaired) electrons. The number of nitrogens with zero attached hydrogens (tertiary/aromatic N) is 1. The molecule has 0 spiro atoms. The Labute approximate surface area is 150 Å². The molecule has 1 amide bonds. The summed E-state index contributed by atoms with van der Waals surface area (Å²) in [6.45, 7) is 9.26. The zero-order valence-electron chi connectivity index (χ0n) is 15.6. The molecule has 1 aliphatic carbocycles. The van der Waals surface area contributed by atoms with Gasteiger partial charge in [0, 0.05) is 31.1 Å². The van der Waals surface area contributed by atoms with Crippen molar-refractivity contribution >= 4 is 6.09 Å². The third kappa shape index (κ3) is 4.53. The van der Waals surface area contributed by atoms with Gasteiger partial charge in [-0.05, 0) is 51.6 Å². The van der Waals surface area contributed by atoms with Gasteiger partial charge in [0.25, 0.3) is 0 Å². The lowest BCUT2D eigenvalue weighted by atomic mass is 9.87. The van der Waals surface area contributed by atoms with Crippen molar-refractivity contribution in [2.75, 3.05) is 19.6 Å².